The summed E-state index contributed by atoms with van der Waals surface area (Å²) in [6.07, 6.45) is 1.73. The quantitative estimate of drug-likeness (QED) is 0.854. The summed E-state index contributed by atoms with van der Waals surface area (Å²) in [5.74, 6) is 0.679. The summed E-state index contributed by atoms with van der Waals surface area (Å²) in [7, 11) is 0. The van der Waals surface area contributed by atoms with E-state index in [0.717, 1.165) is 18.4 Å². The number of fused-ring (bicyclic) bond motifs is 2. The van der Waals surface area contributed by atoms with Crippen molar-refractivity contribution >= 4 is 0 Å². The Morgan fingerprint density at radius 1 is 1.15 bits per heavy atom. The molecule has 4 heteroatoms. The van der Waals surface area contributed by atoms with Crippen molar-refractivity contribution < 1.29 is 19.3 Å². The first kappa shape index (κ1) is 12.8. The maximum atomic E-state index is 10.5. The minimum atomic E-state index is -0.539. The standard InChI is InChI=1S/C16H20O4/c17-15-12-7-14-13(20-14)6-11(12)9-19-16(15)18-8-10-4-2-1-3-5-10/h1-5,11-17H,6-9H2/t11-,12-,13-,14+,15-,16-/m1/s1. The van der Waals surface area contributed by atoms with E-state index in [2.05, 4.69) is 0 Å². The second kappa shape index (κ2) is 5.11. The number of aliphatic hydroxyl groups excluding tert-OH is 1. The Balaban J connectivity index is 1.37. The zero-order valence-electron chi connectivity index (χ0n) is 11.4. The maximum Gasteiger partial charge on any atom is 0.184 e. The van der Waals surface area contributed by atoms with Crippen LogP contribution in [0.4, 0.5) is 0 Å². The number of aliphatic hydroxyl groups is 1. The molecule has 4 nitrogen and oxygen atoms in total. The highest BCUT2D eigenvalue weighted by atomic mass is 16.7. The lowest BCUT2D eigenvalue weighted by molar-refractivity contribution is -0.254. The first-order chi connectivity index (χ1) is 9.81. The first-order valence-corrected chi connectivity index (χ1v) is 7.42. The van der Waals surface area contributed by atoms with Crippen molar-refractivity contribution in [1.82, 2.24) is 0 Å². The number of benzene rings is 1. The molecule has 0 unspecified atom stereocenters. The molecule has 108 valence electrons. The molecule has 2 aliphatic heterocycles. The number of epoxide rings is 1. The molecule has 1 aromatic carbocycles. The van der Waals surface area contributed by atoms with E-state index in [1.165, 1.54) is 0 Å². The van der Waals surface area contributed by atoms with Gasteiger partial charge >= 0.3 is 0 Å². The summed E-state index contributed by atoms with van der Waals surface area (Å²) in [5, 5.41) is 10.5. The highest BCUT2D eigenvalue weighted by molar-refractivity contribution is 5.13. The molecule has 2 heterocycles. The van der Waals surface area contributed by atoms with E-state index in [1.54, 1.807) is 0 Å². The van der Waals surface area contributed by atoms with Gasteiger partial charge in [-0.1, -0.05) is 30.3 Å². The van der Waals surface area contributed by atoms with E-state index in [9.17, 15) is 5.11 Å². The van der Waals surface area contributed by atoms with Crippen LogP contribution in [0.2, 0.25) is 0 Å². The molecule has 2 saturated heterocycles. The smallest absolute Gasteiger partial charge is 0.184 e. The van der Waals surface area contributed by atoms with Crippen LogP contribution in [0.1, 0.15) is 18.4 Å². The number of hydrogen-bond donors (Lipinski definition) is 1. The van der Waals surface area contributed by atoms with Crippen LogP contribution in [-0.4, -0.2) is 36.3 Å². The molecule has 1 aliphatic carbocycles. The molecule has 1 N–H and O–H groups in total. The van der Waals surface area contributed by atoms with Gasteiger partial charge in [-0.2, -0.15) is 0 Å². The monoisotopic (exact) mass is 276 g/mol. The average Bonchev–Trinajstić information content (AvgIpc) is 3.24. The fourth-order valence-electron chi connectivity index (χ4n) is 3.56. The SMILES string of the molecule is O[C@H]1[C@H](OCc2ccccc2)OC[C@H]2C[C@H]3O[C@H]3C[C@H]21. The van der Waals surface area contributed by atoms with Crippen LogP contribution in [0, 0.1) is 11.8 Å². The zero-order chi connectivity index (χ0) is 13.5. The fraction of sp³-hybridized carbons (Fsp3) is 0.625. The van der Waals surface area contributed by atoms with E-state index in [0.29, 0.717) is 31.3 Å². The molecular weight excluding hydrogens is 256 g/mol. The highest BCUT2D eigenvalue weighted by Gasteiger charge is 2.53. The van der Waals surface area contributed by atoms with Crippen molar-refractivity contribution in [1.29, 1.82) is 0 Å². The molecule has 6 atom stereocenters. The van der Waals surface area contributed by atoms with Gasteiger partial charge in [-0.25, -0.2) is 0 Å². The predicted octanol–water partition coefficient (Wildman–Crippen LogP) is 1.71. The third-order valence-corrected chi connectivity index (χ3v) is 4.78. The van der Waals surface area contributed by atoms with Gasteiger partial charge in [0.2, 0.25) is 0 Å². The van der Waals surface area contributed by atoms with Crippen molar-refractivity contribution in [2.24, 2.45) is 11.8 Å². The van der Waals surface area contributed by atoms with Crippen LogP contribution in [0.5, 0.6) is 0 Å². The van der Waals surface area contributed by atoms with E-state index >= 15 is 0 Å². The molecule has 0 radical (unpaired) electrons. The number of rotatable bonds is 3. The molecule has 1 saturated carbocycles. The Kier molecular flexibility index (Phi) is 3.27. The van der Waals surface area contributed by atoms with Gasteiger partial charge in [0.25, 0.3) is 0 Å². The molecule has 3 fully saturated rings. The molecule has 20 heavy (non-hydrogen) atoms. The molecule has 0 bridgehead atoms. The summed E-state index contributed by atoms with van der Waals surface area (Å²) in [6, 6.07) is 9.98. The molecule has 0 aromatic heterocycles. The van der Waals surface area contributed by atoms with Gasteiger partial charge < -0.3 is 19.3 Å². The van der Waals surface area contributed by atoms with E-state index < -0.39 is 12.4 Å². The van der Waals surface area contributed by atoms with E-state index in [-0.39, 0.29) is 5.92 Å². The minimum Gasteiger partial charge on any atom is -0.388 e. The summed E-state index contributed by atoms with van der Waals surface area (Å²) in [4.78, 5) is 0. The molecule has 3 aliphatic rings. The zero-order valence-corrected chi connectivity index (χ0v) is 11.4. The average molecular weight is 276 g/mol. The Morgan fingerprint density at radius 2 is 1.95 bits per heavy atom. The molecular formula is C16H20O4. The number of hydrogen-bond acceptors (Lipinski definition) is 4. The van der Waals surface area contributed by atoms with Crippen molar-refractivity contribution in [3.63, 3.8) is 0 Å². The van der Waals surface area contributed by atoms with Crippen LogP contribution in [0.15, 0.2) is 30.3 Å². The van der Waals surface area contributed by atoms with Crippen molar-refractivity contribution in [2.45, 2.75) is 44.1 Å². The van der Waals surface area contributed by atoms with Gasteiger partial charge in [0, 0.05) is 0 Å². The van der Waals surface area contributed by atoms with Gasteiger partial charge in [0.1, 0.15) is 6.10 Å². The van der Waals surface area contributed by atoms with E-state index in [4.69, 9.17) is 14.2 Å². The van der Waals surface area contributed by atoms with Crippen molar-refractivity contribution in [2.75, 3.05) is 6.61 Å². The van der Waals surface area contributed by atoms with Crippen LogP contribution in [0.3, 0.4) is 0 Å². The summed E-state index contributed by atoms with van der Waals surface area (Å²) >= 11 is 0. The lowest BCUT2D eigenvalue weighted by atomic mass is 9.75. The van der Waals surface area contributed by atoms with Gasteiger partial charge in [-0.3, -0.25) is 0 Å². The predicted molar refractivity (Wildman–Crippen MR) is 71.9 cm³/mol. The van der Waals surface area contributed by atoms with Crippen molar-refractivity contribution in [3.05, 3.63) is 35.9 Å². The fourth-order valence-corrected chi connectivity index (χ4v) is 3.56. The Bertz CT molecular complexity index is 463. The summed E-state index contributed by atoms with van der Waals surface area (Å²) in [6.45, 7) is 1.15. The number of ether oxygens (including phenoxy) is 3. The van der Waals surface area contributed by atoms with Gasteiger partial charge in [0.15, 0.2) is 6.29 Å². The lowest BCUT2D eigenvalue weighted by Crippen LogP contribution is -2.49. The normalized spacial score (nSPS) is 42.6. The van der Waals surface area contributed by atoms with E-state index in [1.807, 2.05) is 30.3 Å². The Hall–Kier alpha value is -0.940. The maximum absolute atomic E-state index is 10.5. The van der Waals surface area contributed by atoms with Crippen LogP contribution in [-0.2, 0) is 20.8 Å². The third kappa shape index (κ3) is 2.37. The lowest BCUT2D eigenvalue weighted by Gasteiger charge is -2.41. The van der Waals surface area contributed by atoms with Gasteiger partial charge in [-0.15, -0.1) is 0 Å². The van der Waals surface area contributed by atoms with Crippen molar-refractivity contribution in [3.8, 4) is 0 Å². The summed E-state index contributed by atoms with van der Waals surface area (Å²) < 4.78 is 17.1. The molecule has 0 amide bonds. The first-order valence-electron chi connectivity index (χ1n) is 7.42. The van der Waals surface area contributed by atoms with Gasteiger partial charge in [0.05, 0.1) is 25.4 Å². The second-order valence-electron chi connectivity index (χ2n) is 6.10. The van der Waals surface area contributed by atoms with Gasteiger partial charge in [-0.05, 0) is 30.2 Å². The Morgan fingerprint density at radius 3 is 2.80 bits per heavy atom. The van der Waals surface area contributed by atoms with Crippen LogP contribution in [0.25, 0.3) is 0 Å². The second-order valence-corrected chi connectivity index (χ2v) is 6.10. The highest BCUT2D eigenvalue weighted by Crippen LogP contribution is 2.46. The molecule has 4 rings (SSSR count). The molecule has 0 spiro atoms. The van der Waals surface area contributed by atoms with Crippen LogP contribution < -0.4 is 0 Å². The minimum absolute atomic E-state index is 0.258. The summed E-state index contributed by atoms with van der Waals surface area (Å²) in [5.41, 5.74) is 1.10. The van der Waals surface area contributed by atoms with Crippen LogP contribution >= 0.6 is 0 Å². The topological polar surface area (TPSA) is 51.2 Å². The third-order valence-electron chi connectivity index (χ3n) is 4.78. The Labute approximate surface area is 118 Å². The largest absolute Gasteiger partial charge is 0.388 e. The molecule has 1 aromatic rings.